The molecule has 0 unspecified atom stereocenters. The Labute approximate surface area is 170 Å². The Morgan fingerprint density at radius 1 is 1.14 bits per heavy atom. The summed E-state index contributed by atoms with van der Waals surface area (Å²) in [5.74, 6) is 2.43. The van der Waals surface area contributed by atoms with Crippen LogP contribution in [0.5, 0.6) is 11.5 Å². The van der Waals surface area contributed by atoms with Crippen LogP contribution in [0.4, 0.5) is 5.69 Å². The molecule has 3 rings (SSSR count). The lowest BCUT2D eigenvalue weighted by Crippen LogP contribution is -2.12. The normalized spacial score (nSPS) is 10.8. The zero-order chi connectivity index (χ0) is 20.8. The Bertz CT molecular complexity index is 977. The van der Waals surface area contributed by atoms with Crippen LogP contribution in [0, 0.1) is 5.92 Å². The largest absolute Gasteiger partial charge is 0.496 e. The van der Waals surface area contributed by atoms with E-state index in [2.05, 4.69) is 19.2 Å². The lowest BCUT2D eigenvalue weighted by Gasteiger charge is -2.12. The number of hydrogen-bond donors (Lipinski definition) is 2. The highest BCUT2D eigenvalue weighted by molar-refractivity contribution is 6.04. The third-order valence-corrected chi connectivity index (χ3v) is 4.22. The lowest BCUT2D eigenvalue weighted by atomic mass is 10.1. The number of aliphatic hydroxyl groups is 1. The van der Waals surface area contributed by atoms with E-state index in [0.717, 1.165) is 5.56 Å². The van der Waals surface area contributed by atoms with Crippen LogP contribution in [0.2, 0.25) is 0 Å². The number of nitrogens with one attached hydrogen (secondary N) is 1. The van der Waals surface area contributed by atoms with Crippen LogP contribution in [0.15, 0.2) is 59.0 Å². The summed E-state index contributed by atoms with van der Waals surface area (Å²) in [5.41, 5.74) is 1.83. The number of anilines is 1. The van der Waals surface area contributed by atoms with Crippen molar-refractivity contribution in [2.75, 3.05) is 19.0 Å². The van der Waals surface area contributed by atoms with Crippen molar-refractivity contribution >= 4 is 11.6 Å². The summed E-state index contributed by atoms with van der Waals surface area (Å²) in [7, 11) is 1.55. The van der Waals surface area contributed by atoms with Crippen LogP contribution < -0.4 is 14.8 Å². The molecule has 0 fully saturated rings. The van der Waals surface area contributed by atoms with Crippen molar-refractivity contribution in [3.63, 3.8) is 0 Å². The summed E-state index contributed by atoms with van der Waals surface area (Å²) < 4.78 is 16.7. The Kier molecular flexibility index (Phi) is 6.57. The van der Waals surface area contributed by atoms with Crippen LogP contribution in [0.3, 0.4) is 0 Å². The van der Waals surface area contributed by atoms with Crippen LogP contribution in [-0.2, 0) is 6.61 Å². The number of ether oxygens (including phenoxy) is 2. The Morgan fingerprint density at radius 3 is 2.66 bits per heavy atom. The van der Waals surface area contributed by atoms with E-state index in [9.17, 15) is 9.90 Å². The molecule has 0 spiro atoms. The summed E-state index contributed by atoms with van der Waals surface area (Å²) in [6, 6.07) is 15.9. The molecule has 1 heterocycles. The average molecular weight is 395 g/mol. The van der Waals surface area contributed by atoms with Gasteiger partial charge in [0.1, 0.15) is 29.6 Å². The molecule has 0 aliphatic heterocycles. The summed E-state index contributed by atoms with van der Waals surface area (Å²) >= 11 is 0. The van der Waals surface area contributed by atoms with Gasteiger partial charge in [-0.25, -0.2) is 0 Å². The first kappa shape index (κ1) is 20.5. The zero-order valence-corrected chi connectivity index (χ0v) is 16.8. The van der Waals surface area contributed by atoms with Gasteiger partial charge in [0.15, 0.2) is 0 Å². The maximum absolute atomic E-state index is 12.6. The van der Waals surface area contributed by atoms with E-state index in [1.54, 1.807) is 55.6 Å². The summed E-state index contributed by atoms with van der Waals surface area (Å²) in [4.78, 5) is 12.6. The van der Waals surface area contributed by atoms with Gasteiger partial charge < -0.3 is 24.3 Å². The molecule has 6 heteroatoms. The SMILES string of the molecule is COc1cc(NC(=O)c2cccc(OCC(C)C)c2)ccc1-c1ccc(CO)o1. The number of aliphatic hydroxyl groups excluding tert-OH is 1. The molecule has 0 aliphatic rings. The molecule has 2 aromatic carbocycles. The maximum Gasteiger partial charge on any atom is 0.255 e. The van der Waals surface area contributed by atoms with Crippen molar-refractivity contribution in [2.45, 2.75) is 20.5 Å². The van der Waals surface area contributed by atoms with Gasteiger partial charge in [0.25, 0.3) is 5.91 Å². The predicted molar refractivity (Wildman–Crippen MR) is 111 cm³/mol. The minimum absolute atomic E-state index is 0.170. The van der Waals surface area contributed by atoms with Gasteiger partial charge in [-0.3, -0.25) is 4.79 Å². The highest BCUT2D eigenvalue weighted by Crippen LogP contribution is 2.33. The van der Waals surface area contributed by atoms with Crippen LogP contribution >= 0.6 is 0 Å². The third kappa shape index (κ3) is 5.18. The molecule has 1 amide bonds. The summed E-state index contributed by atoms with van der Waals surface area (Å²) in [6.45, 7) is 4.56. The molecule has 152 valence electrons. The molecule has 0 aliphatic carbocycles. The van der Waals surface area contributed by atoms with Gasteiger partial charge in [-0.05, 0) is 48.4 Å². The number of amides is 1. The monoisotopic (exact) mass is 395 g/mol. The second-order valence-corrected chi connectivity index (χ2v) is 7.03. The van der Waals surface area contributed by atoms with E-state index in [1.807, 2.05) is 6.07 Å². The molecule has 0 saturated carbocycles. The van der Waals surface area contributed by atoms with Gasteiger partial charge in [0.2, 0.25) is 0 Å². The Balaban J connectivity index is 1.76. The molecule has 2 N–H and O–H groups in total. The number of furan rings is 1. The molecule has 1 aromatic heterocycles. The standard InChI is InChI=1S/C23H25NO5/c1-15(2)14-28-18-6-4-5-16(11-18)23(26)24-17-7-9-20(22(12-17)27-3)21-10-8-19(13-25)29-21/h4-12,15,25H,13-14H2,1-3H3,(H,24,26). The molecule has 0 atom stereocenters. The molecule has 0 radical (unpaired) electrons. The van der Waals surface area contributed by atoms with Gasteiger partial charge in [0, 0.05) is 17.3 Å². The van der Waals surface area contributed by atoms with Gasteiger partial charge in [-0.15, -0.1) is 0 Å². The Hall–Kier alpha value is -3.25. The van der Waals surface area contributed by atoms with Crippen molar-refractivity contribution in [3.05, 3.63) is 65.9 Å². The van der Waals surface area contributed by atoms with E-state index in [-0.39, 0.29) is 12.5 Å². The second-order valence-electron chi connectivity index (χ2n) is 7.03. The second kappa shape index (κ2) is 9.30. The number of carbonyl (C=O) groups excluding carboxylic acids is 1. The molecular formula is C23H25NO5. The average Bonchev–Trinajstić information content (AvgIpc) is 3.21. The van der Waals surface area contributed by atoms with Crippen LogP contribution in [0.1, 0.15) is 30.0 Å². The quantitative estimate of drug-likeness (QED) is 0.576. The number of rotatable bonds is 8. The molecule has 0 bridgehead atoms. The number of hydrogen-bond acceptors (Lipinski definition) is 5. The van der Waals surface area contributed by atoms with E-state index >= 15 is 0 Å². The van der Waals surface area contributed by atoms with Gasteiger partial charge in [0.05, 0.1) is 19.3 Å². The lowest BCUT2D eigenvalue weighted by molar-refractivity contribution is 0.102. The van der Waals surface area contributed by atoms with E-state index in [1.165, 1.54) is 0 Å². The van der Waals surface area contributed by atoms with Crippen molar-refractivity contribution in [2.24, 2.45) is 5.92 Å². The van der Waals surface area contributed by atoms with E-state index in [4.69, 9.17) is 13.9 Å². The maximum atomic E-state index is 12.6. The first-order valence-electron chi connectivity index (χ1n) is 9.42. The molecule has 6 nitrogen and oxygen atoms in total. The topological polar surface area (TPSA) is 80.9 Å². The first-order chi connectivity index (χ1) is 14.0. The molecule has 3 aromatic rings. The zero-order valence-electron chi connectivity index (χ0n) is 16.8. The van der Waals surface area contributed by atoms with Crippen LogP contribution in [0.25, 0.3) is 11.3 Å². The number of carbonyl (C=O) groups is 1. The van der Waals surface area contributed by atoms with E-state index in [0.29, 0.717) is 46.8 Å². The Morgan fingerprint density at radius 2 is 1.97 bits per heavy atom. The smallest absolute Gasteiger partial charge is 0.255 e. The minimum atomic E-state index is -0.240. The highest BCUT2D eigenvalue weighted by Gasteiger charge is 2.13. The van der Waals surface area contributed by atoms with Crippen molar-refractivity contribution in [1.82, 2.24) is 0 Å². The number of methoxy groups -OCH3 is 1. The fourth-order valence-corrected chi connectivity index (χ4v) is 2.77. The van der Waals surface area contributed by atoms with E-state index < -0.39 is 0 Å². The summed E-state index contributed by atoms with van der Waals surface area (Å²) in [6.07, 6.45) is 0. The highest BCUT2D eigenvalue weighted by atomic mass is 16.5. The molecule has 29 heavy (non-hydrogen) atoms. The number of benzene rings is 2. The van der Waals surface area contributed by atoms with Crippen molar-refractivity contribution in [1.29, 1.82) is 0 Å². The van der Waals surface area contributed by atoms with Crippen LogP contribution in [-0.4, -0.2) is 24.7 Å². The van der Waals surface area contributed by atoms with Gasteiger partial charge >= 0.3 is 0 Å². The van der Waals surface area contributed by atoms with Crippen molar-refractivity contribution < 1.29 is 23.8 Å². The fraction of sp³-hybridized carbons (Fsp3) is 0.261. The van der Waals surface area contributed by atoms with Gasteiger partial charge in [-0.1, -0.05) is 19.9 Å². The van der Waals surface area contributed by atoms with Gasteiger partial charge in [-0.2, -0.15) is 0 Å². The minimum Gasteiger partial charge on any atom is -0.496 e. The fourth-order valence-electron chi connectivity index (χ4n) is 2.77. The summed E-state index contributed by atoms with van der Waals surface area (Å²) in [5, 5.41) is 12.0. The molecular weight excluding hydrogens is 370 g/mol. The van der Waals surface area contributed by atoms with Crippen molar-refractivity contribution in [3.8, 4) is 22.8 Å². The first-order valence-corrected chi connectivity index (χ1v) is 9.42. The third-order valence-electron chi connectivity index (χ3n) is 4.22. The predicted octanol–water partition coefficient (Wildman–Crippen LogP) is 4.73. The molecule has 0 saturated heterocycles.